The minimum absolute atomic E-state index is 0.0581. The van der Waals surface area contributed by atoms with E-state index in [-0.39, 0.29) is 30.9 Å². The molecule has 5 atom stereocenters. The fourth-order valence-corrected chi connectivity index (χ4v) is 4.44. The van der Waals surface area contributed by atoms with E-state index in [4.69, 9.17) is 18.9 Å². The largest absolute Gasteiger partial charge is 0.459 e. The molecule has 2 aromatic carbocycles. The molecule has 41 heavy (non-hydrogen) atoms. The van der Waals surface area contributed by atoms with Crippen molar-refractivity contribution in [1.82, 2.24) is 9.55 Å². The molecular weight excluding hydrogens is 532 g/mol. The predicted molar refractivity (Wildman–Crippen MR) is 145 cm³/mol. The second-order valence-corrected chi connectivity index (χ2v) is 9.68. The molecule has 0 aliphatic carbocycles. The summed E-state index contributed by atoms with van der Waals surface area (Å²) in [5.74, 6) is -1.39. The fourth-order valence-electron chi connectivity index (χ4n) is 4.44. The highest BCUT2D eigenvalue weighted by molar-refractivity contribution is 5.90. The minimum Gasteiger partial charge on any atom is -0.459 e. The van der Waals surface area contributed by atoms with Crippen LogP contribution in [0, 0.1) is 0 Å². The van der Waals surface area contributed by atoms with Crippen LogP contribution in [-0.2, 0) is 30.2 Å². The van der Waals surface area contributed by atoms with Gasteiger partial charge in [-0.1, -0.05) is 36.4 Å². The molecule has 3 aromatic rings. The van der Waals surface area contributed by atoms with Gasteiger partial charge in [-0.05, 0) is 43.7 Å². The van der Waals surface area contributed by atoms with E-state index >= 15 is 0 Å². The third-order valence-electron chi connectivity index (χ3n) is 6.58. The summed E-state index contributed by atoms with van der Waals surface area (Å²) in [6.45, 7) is 1.32. The number of hydrogen-bond acceptors (Lipinski definition) is 10. The lowest BCUT2D eigenvalue weighted by molar-refractivity contribution is -0.119. The Labute approximate surface area is 236 Å². The summed E-state index contributed by atoms with van der Waals surface area (Å²) in [6, 6.07) is 18.2. The van der Waals surface area contributed by atoms with Crippen molar-refractivity contribution in [3.63, 3.8) is 0 Å². The standard InChI is InChI=1S/C30H32N2O9/c1-19(33)13-14-23(34)17-22-15-16-32(30(37)31-22)27-26(38-2)25(41-29(36)21-11-7-4-8-12-21)24(40-27)18-39-28(35)20-9-5-3-6-10-20/h3-12,15-16,19,24-27,33H,13-14,17-18H2,1-2H3/t19?,24-,25-,26-,27-/m1/s1. The van der Waals surface area contributed by atoms with Crippen molar-refractivity contribution in [3.8, 4) is 0 Å². The van der Waals surface area contributed by atoms with Gasteiger partial charge in [0.25, 0.3) is 0 Å². The number of rotatable bonds is 12. The second-order valence-electron chi connectivity index (χ2n) is 9.68. The molecule has 216 valence electrons. The van der Waals surface area contributed by atoms with Gasteiger partial charge in [0.1, 0.15) is 24.6 Å². The number of methoxy groups -OCH3 is 1. The van der Waals surface area contributed by atoms with Crippen molar-refractivity contribution in [2.45, 2.75) is 56.8 Å². The number of aromatic nitrogens is 2. The highest BCUT2D eigenvalue weighted by Crippen LogP contribution is 2.33. The molecule has 0 bridgehead atoms. The van der Waals surface area contributed by atoms with Crippen molar-refractivity contribution in [3.05, 3.63) is 100 Å². The lowest BCUT2D eigenvalue weighted by Gasteiger charge is -2.23. The van der Waals surface area contributed by atoms with Crippen LogP contribution in [0.1, 0.15) is 52.4 Å². The number of carbonyl (C=O) groups is 3. The third-order valence-corrected chi connectivity index (χ3v) is 6.58. The Morgan fingerprint density at radius 3 is 2.20 bits per heavy atom. The van der Waals surface area contributed by atoms with E-state index in [0.29, 0.717) is 17.5 Å². The molecule has 1 N–H and O–H groups in total. The molecule has 11 heteroatoms. The fraction of sp³-hybridized carbons (Fsp3) is 0.367. The van der Waals surface area contributed by atoms with Gasteiger partial charge in [0.2, 0.25) is 0 Å². The number of ether oxygens (including phenoxy) is 4. The van der Waals surface area contributed by atoms with Crippen molar-refractivity contribution in [1.29, 1.82) is 0 Å². The number of hydrogen-bond donors (Lipinski definition) is 1. The first-order valence-electron chi connectivity index (χ1n) is 13.2. The number of esters is 2. The van der Waals surface area contributed by atoms with Crippen molar-refractivity contribution in [2.75, 3.05) is 13.7 Å². The number of Topliss-reactive ketones (excluding diaryl/α,β-unsaturated/α-hetero) is 1. The van der Waals surface area contributed by atoms with E-state index in [9.17, 15) is 24.3 Å². The van der Waals surface area contributed by atoms with Gasteiger partial charge >= 0.3 is 17.6 Å². The first-order valence-corrected chi connectivity index (χ1v) is 13.2. The van der Waals surface area contributed by atoms with E-state index in [1.807, 2.05) is 0 Å². The molecular formula is C30H32N2O9. The average molecular weight is 565 g/mol. The van der Waals surface area contributed by atoms with Gasteiger partial charge in [0, 0.05) is 26.1 Å². The van der Waals surface area contributed by atoms with Crippen LogP contribution in [0.25, 0.3) is 0 Å². The number of nitrogens with zero attached hydrogens (tertiary/aromatic N) is 2. The number of aliphatic hydroxyl groups is 1. The Balaban J connectivity index is 1.55. The first-order chi connectivity index (χ1) is 19.8. The van der Waals surface area contributed by atoms with Crippen LogP contribution in [0.15, 0.2) is 77.7 Å². The second kappa shape index (κ2) is 13.9. The summed E-state index contributed by atoms with van der Waals surface area (Å²) in [6.07, 6.45) is -2.80. The maximum Gasteiger partial charge on any atom is 0.350 e. The van der Waals surface area contributed by atoms with E-state index in [0.717, 1.165) is 0 Å². The highest BCUT2D eigenvalue weighted by Gasteiger charge is 2.49. The molecule has 2 heterocycles. The van der Waals surface area contributed by atoms with Crippen molar-refractivity contribution >= 4 is 17.7 Å². The van der Waals surface area contributed by atoms with Crippen LogP contribution in [0.2, 0.25) is 0 Å². The number of aliphatic hydroxyl groups excluding tert-OH is 1. The Morgan fingerprint density at radius 1 is 0.976 bits per heavy atom. The van der Waals surface area contributed by atoms with Crippen LogP contribution in [-0.4, -0.2) is 70.5 Å². The van der Waals surface area contributed by atoms with Crippen LogP contribution >= 0.6 is 0 Å². The zero-order valence-corrected chi connectivity index (χ0v) is 22.8. The quantitative estimate of drug-likeness (QED) is 0.326. The van der Waals surface area contributed by atoms with Gasteiger partial charge in [-0.25, -0.2) is 14.4 Å². The first kappa shape index (κ1) is 29.8. The van der Waals surface area contributed by atoms with E-state index in [2.05, 4.69) is 4.98 Å². The zero-order valence-electron chi connectivity index (χ0n) is 22.8. The van der Waals surface area contributed by atoms with E-state index in [1.54, 1.807) is 67.6 Å². The van der Waals surface area contributed by atoms with Crippen LogP contribution < -0.4 is 5.69 Å². The molecule has 0 spiro atoms. The van der Waals surface area contributed by atoms with Gasteiger partial charge in [-0.2, -0.15) is 4.98 Å². The summed E-state index contributed by atoms with van der Waals surface area (Å²) in [7, 11) is 1.39. The molecule has 1 aliphatic rings. The SMILES string of the molecule is CO[C@@H]1[C@H](OC(=O)c2ccccc2)[C@@H](COC(=O)c2ccccc2)O[C@H]1n1ccc(CC(=O)CCC(C)O)nc1=O. The zero-order chi connectivity index (χ0) is 29.4. The molecule has 1 fully saturated rings. The van der Waals surface area contributed by atoms with Crippen LogP contribution in [0.4, 0.5) is 0 Å². The Kier molecular flexibility index (Phi) is 10.1. The molecule has 0 saturated carbocycles. The normalized spacial score (nSPS) is 20.8. The monoisotopic (exact) mass is 564 g/mol. The number of ketones is 1. The van der Waals surface area contributed by atoms with Gasteiger partial charge in [0.15, 0.2) is 12.3 Å². The summed E-state index contributed by atoms with van der Waals surface area (Å²) >= 11 is 0. The van der Waals surface area contributed by atoms with Crippen molar-refractivity contribution < 1.29 is 38.4 Å². The molecule has 1 saturated heterocycles. The average Bonchev–Trinajstić information content (AvgIpc) is 3.32. The lowest BCUT2D eigenvalue weighted by atomic mass is 10.1. The lowest BCUT2D eigenvalue weighted by Crippen LogP contribution is -2.41. The van der Waals surface area contributed by atoms with E-state index < -0.39 is 48.3 Å². The molecule has 11 nitrogen and oxygen atoms in total. The molecule has 1 aliphatic heterocycles. The number of carbonyl (C=O) groups excluding carboxylic acids is 3. The van der Waals surface area contributed by atoms with Gasteiger partial charge < -0.3 is 24.1 Å². The maximum atomic E-state index is 13.0. The topological polar surface area (TPSA) is 143 Å². The highest BCUT2D eigenvalue weighted by atomic mass is 16.6. The smallest absolute Gasteiger partial charge is 0.350 e. The minimum atomic E-state index is -1.08. The molecule has 0 radical (unpaired) electrons. The Bertz CT molecular complexity index is 1390. The Morgan fingerprint density at radius 2 is 1.61 bits per heavy atom. The summed E-state index contributed by atoms with van der Waals surface area (Å²) in [5.41, 5.74) is 0.207. The summed E-state index contributed by atoms with van der Waals surface area (Å²) in [4.78, 5) is 54.8. The number of benzene rings is 2. The van der Waals surface area contributed by atoms with E-state index in [1.165, 1.54) is 23.9 Å². The Hall–Kier alpha value is -4.19. The predicted octanol–water partition coefficient (Wildman–Crippen LogP) is 2.51. The third kappa shape index (κ3) is 7.72. The van der Waals surface area contributed by atoms with Gasteiger partial charge in [-0.3, -0.25) is 9.36 Å². The van der Waals surface area contributed by atoms with Crippen LogP contribution in [0.3, 0.4) is 0 Å². The van der Waals surface area contributed by atoms with Crippen LogP contribution in [0.5, 0.6) is 0 Å². The van der Waals surface area contributed by atoms with Gasteiger partial charge in [-0.15, -0.1) is 0 Å². The molecule has 0 amide bonds. The maximum absolute atomic E-state index is 13.0. The molecule has 4 rings (SSSR count). The molecule has 1 unspecified atom stereocenters. The van der Waals surface area contributed by atoms with Crippen molar-refractivity contribution in [2.24, 2.45) is 0 Å². The summed E-state index contributed by atoms with van der Waals surface area (Å²) in [5, 5.41) is 9.40. The van der Waals surface area contributed by atoms with Gasteiger partial charge in [0.05, 0.1) is 22.9 Å². The molecule has 1 aromatic heterocycles. The summed E-state index contributed by atoms with van der Waals surface area (Å²) < 4.78 is 24.2.